The summed E-state index contributed by atoms with van der Waals surface area (Å²) in [6.45, 7) is 3.27. The minimum absolute atomic E-state index is 0.0142. The van der Waals surface area contributed by atoms with Gasteiger partial charge in [0.25, 0.3) is 0 Å². The Morgan fingerprint density at radius 2 is 2.41 bits per heavy atom. The second-order valence-corrected chi connectivity index (χ2v) is 4.34. The molecule has 2 atom stereocenters. The first-order chi connectivity index (χ1) is 8.11. The topological polar surface area (TPSA) is 79.5 Å². The van der Waals surface area contributed by atoms with Crippen molar-refractivity contribution in [2.24, 2.45) is 0 Å². The van der Waals surface area contributed by atoms with Crippen LogP contribution in [0.1, 0.15) is 19.8 Å². The molecule has 1 saturated heterocycles. The average Bonchev–Trinajstić information content (AvgIpc) is 2.28. The predicted octanol–water partition coefficient (Wildman–Crippen LogP) is -0.994. The molecule has 0 radical (unpaired) electrons. The van der Waals surface area contributed by atoms with Crippen molar-refractivity contribution in [2.75, 3.05) is 26.8 Å². The fraction of sp³-hybridized carbons (Fsp3) is 0.818. The lowest BCUT2D eigenvalue weighted by atomic mass is 10.1. The van der Waals surface area contributed by atoms with Gasteiger partial charge in [-0.15, -0.1) is 0 Å². The quantitative estimate of drug-likeness (QED) is 0.559. The highest BCUT2D eigenvalue weighted by atomic mass is 16.5. The van der Waals surface area contributed by atoms with Crippen LogP contribution in [0.25, 0.3) is 0 Å². The third-order valence-electron chi connectivity index (χ3n) is 2.64. The number of amides is 2. The molecule has 1 heterocycles. The molecule has 2 unspecified atom stereocenters. The van der Waals surface area contributed by atoms with E-state index in [1.165, 1.54) is 0 Å². The maximum atomic E-state index is 11.5. The van der Waals surface area contributed by atoms with Gasteiger partial charge in [-0.1, -0.05) is 0 Å². The molecule has 0 bridgehead atoms. The Morgan fingerprint density at radius 1 is 1.65 bits per heavy atom. The zero-order chi connectivity index (χ0) is 12.7. The average molecular weight is 243 g/mol. The number of hydrogen-bond acceptors (Lipinski definition) is 4. The fourth-order valence-corrected chi connectivity index (χ4v) is 1.76. The van der Waals surface area contributed by atoms with Crippen molar-refractivity contribution in [3.63, 3.8) is 0 Å². The summed E-state index contributed by atoms with van der Waals surface area (Å²) in [6, 6.07) is 0.205. The van der Waals surface area contributed by atoms with Crippen molar-refractivity contribution in [2.45, 2.75) is 31.8 Å². The van der Waals surface area contributed by atoms with E-state index >= 15 is 0 Å². The van der Waals surface area contributed by atoms with Gasteiger partial charge >= 0.3 is 0 Å². The van der Waals surface area contributed by atoms with Crippen LogP contribution in [0.15, 0.2) is 0 Å². The molecule has 17 heavy (non-hydrogen) atoms. The third-order valence-corrected chi connectivity index (χ3v) is 2.64. The van der Waals surface area contributed by atoms with Crippen molar-refractivity contribution in [3.8, 4) is 0 Å². The molecule has 0 saturated carbocycles. The van der Waals surface area contributed by atoms with Gasteiger partial charge in [0.15, 0.2) is 0 Å². The zero-order valence-electron chi connectivity index (χ0n) is 10.4. The van der Waals surface area contributed by atoms with E-state index in [0.717, 1.165) is 6.42 Å². The standard InChI is InChI=1S/C11H21N3O3/c1-8(7-17-2)14-11(16)6-12-9-3-4-10(15)13-5-9/h8-9,12H,3-7H2,1-2H3,(H,13,15)(H,14,16). The zero-order valence-corrected chi connectivity index (χ0v) is 10.4. The Balaban J connectivity index is 2.13. The number of nitrogens with one attached hydrogen (secondary N) is 3. The molecule has 0 aromatic rings. The first-order valence-electron chi connectivity index (χ1n) is 5.90. The van der Waals surface area contributed by atoms with Crippen molar-refractivity contribution in [1.29, 1.82) is 0 Å². The van der Waals surface area contributed by atoms with Crippen LogP contribution in [-0.2, 0) is 14.3 Å². The molecular weight excluding hydrogens is 222 g/mol. The van der Waals surface area contributed by atoms with Gasteiger partial charge in [0.2, 0.25) is 11.8 Å². The van der Waals surface area contributed by atoms with Crippen LogP contribution in [0.5, 0.6) is 0 Å². The largest absolute Gasteiger partial charge is 0.383 e. The highest BCUT2D eigenvalue weighted by molar-refractivity contribution is 5.78. The summed E-state index contributed by atoms with van der Waals surface area (Å²) in [7, 11) is 1.60. The van der Waals surface area contributed by atoms with Gasteiger partial charge in [0.05, 0.1) is 13.2 Å². The molecule has 0 aromatic heterocycles. The van der Waals surface area contributed by atoms with Gasteiger partial charge < -0.3 is 20.7 Å². The van der Waals surface area contributed by atoms with Crippen molar-refractivity contribution < 1.29 is 14.3 Å². The summed E-state index contributed by atoms with van der Waals surface area (Å²) in [4.78, 5) is 22.5. The van der Waals surface area contributed by atoms with Gasteiger partial charge in [0.1, 0.15) is 0 Å². The molecule has 0 aromatic carbocycles. The first kappa shape index (κ1) is 13.9. The number of carbonyl (C=O) groups is 2. The van der Waals surface area contributed by atoms with Crippen molar-refractivity contribution in [3.05, 3.63) is 0 Å². The molecule has 3 N–H and O–H groups in total. The summed E-state index contributed by atoms with van der Waals surface area (Å²) in [5, 5.41) is 8.70. The van der Waals surface area contributed by atoms with E-state index in [1.807, 2.05) is 6.92 Å². The van der Waals surface area contributed by atoms with E-state index in [4.69, 9.17) is 4.74 Å². The molecule has 1 fully saturated rings. The van der Waals surface area contributed by atoms with E-state index in [9.17, 15) is 9.59 Å². The Labute approximate surface area is 101 Å². The van der Waals surface area contributed by atoms with Gasteiger partial charge in [0, 0.05) is 32.2 Å². The molecule has 1 aliphatic rings. The number of rotatable bonds is 6. The minimum atomic E-state index is -0.0496. The van der Waals surface area contributed by atoms with Crippen molar-refractivity contribution >= 4 is 11.8 Å². The van der Waals surface area contributed by atoms with E-state index in [1.54, 1.807) is 7.11 Å². The molecule has 2 amide bonds. The van der Waals surface area contributed by atoms with Crippen LogP contribution >= 0.6 is 0 Å². The van der Waals surface area contributed by atoms with Gasteiger partial charge in [-0.25, -0.2) is 0 Å². The van der Waals surface area contributed by atoms with Gasteiger partial charge in [-0.05, 0) is 13.3 Å². The number of carbonyl (C=O) groups excluding carboxylic acids is 2. The lowest BCUT2D eigenvalue weighted by Crippen LogP contribution is -2.49. The molecule has 98 valence electrons. The molecule has 0 aliphatic carbocycles. The van der Waals surface area contributed by atoms with Crippen LogP contribution in [0.2, 0.25) is 0 Å². The Hall–Kier alpha value is -1.14. The van der Waals surface area contributed by atoms with Crippen LogP contribution in [-0.4, -0.2) is 50.7 Å². The van der Waals surface area contributed by atoms with Crippen molar-refractivity contribution in [1.82, 2.24) is 16.0 Å². The summed E-state index contributed by atoms with van der Waals surface area (Å²) >= 11 is 0. The summed E-state index contributed by atoms with van der Waals surface area (Å²) in [5.74, 6) is 0.0349. The molecule has 6 heteroatoms. The smallest absolute Gasteiger partial charge is 0.234 e. The van der Waals surface area contributed by atoms with E-state index < -0.39 is 0 Å². The second-order valence-electron chi connectivity index (χ2n) is 4.34. The highest BCUT2D eigenvalue weighted by Crippen LogP contribution is 2.01. The molecule has 6 nitrogen and oxygen atoms in total. The number of ether oxygens (including phenoxy) is 1. The lowest BCUT2D eigenvalue weighted by molar-refractivity contribution is -0.122. The maximum absolute atomic E-state index is 11.5. The summed E-state index contributed by atoms with van der Waals surface area (Å²) < 4.78 is 4.93. The Morgan fingerprint density at radius 3 is 3.00 bits per heavy atom. The SMILES string of the molecule is COCC(C)NC(=O)CNC1CCC(=O)NC1. The van der Waals surface area contributed by atoms with E-state index in [-0.39, 0.29) is 30.4 Å². The fourth-order valence-electron chi connectivity index (χ4n) is 1.76. The monoisotopic (exact) mass is 243 g/mol. The number of piperidine rings is 1. The Bertz CT molecular complexity index is 261. The molecule has 1 rings (SSSR count). The molecular formula is C11H21N3O3. The Kier molecular flexibility index (Phi) is 5.93. The van der Waals surface area contributed by atoms with Crippen LogP contribution in [0.4, 0.5) is 0 Å². The minimum Gasteiger partial charge on any atom is -0.383 e. The lowest BCUT2D eigenvalue weighted by Gasteiger charge is -2.23. The van der Waals surface area contributed by atoms with Crippen LogP contribution < -0.4 is 16.0 Å². The normalized spacial score (nSPS) is 21.8. The van der Waals surface area contributed by atoms with Crippen LogP contribution in [0.3, 0.4) is 0 Å². The van der Waals surface area contributed by atoms with Gasteiger partial charge in [-0.3, -0.25) is 9.59 Å². The third kappa shape index (κ3) is 5.65. The number of hydrogen-bond donors (Lipinski definition) is 3. The van der Waals surface area contributed by atoms with Crippen LogP contribution in [0, 0.1) is 0 Å². The first-order valence-corrected chi connectivity index (χ1v) is 5.90. The number of methoxy groups -OCH3 is 1. The van der Waals surface area contributed by atoms with E-state index in [0.29, 0.717) is 19.6 Å². The van der Waals surface area contributed by atoms with E-state index in [2.05, 4.69) is 16.0 Å². The summed E-state index contributed by atoms with van der Waals surface area (Å²) in [6.07, 6.45) is 1.31. The second kappa shape index (κ2) is 7.24. The molecule has 0 spiro atoms. The maximum Gasteiger partial charge on any atom is 0.234 e. The predicted molar refractivity (Wildman–Crippen MR) is 63.5 cm³/mol. The highest BCUT2D eigenvalue weighted by Gasteiger charge is 2.18. The summed E-state index contributed by atoms with van der Waals surface area (Å²) in [5.41, 5.74) is 0. The molecule has 1 aliphatic heterocycles. The van der Waals surface area contributed by atoms with Gasteiger partial charge in [-0.2, -0.15) is 0 Å².